The van der Waals surface area contributed by atoms with Crippen LogP contribution < -0.4 is 5.32 Å². The highest BCUT2D eigenvalue weighted by Gasteiger charge is 2.26. The minimum absolute atomic E-state index is 0.0432. The summed E-state index contributed by atoms with van der Waals surface area (Å²) < 4.78 is 0. The summed E-state index contributed by atoms with van der Waals surface area (Å²) in [4.78, 5) is 8.39. The molecule has 4 heteroatoms. The van der Waals surface area contributed by atoms with Crippen LogP contribution in [0.4, 0.5) is 0 Å². The number of hydrogen-bond acceptors (Lipinski definition) is 4. The highest BCUT2D eigenvalue weighted by atomic mass is 15.2. The second-order valence-electron chi connectivity index (χ2n) is 2.68. The molecule has 0 radical (unpaired) electrons. The van der Waals surface area contributed by atoms with Gasteiger partial charge < -0.3 is 5.32 Å². The zero-order chi connectivity index (χ0) is 8.39. The van der Waals surface area contributed by atoms with Crippen LogP contribution in [0.2, 0.25) is 0 Å². The highest BCUT2D eigenvalue weighted by molar-refractivity contribution is 5.87. The molecule has 2 rings (SSSR count). The number of allylic oxidation sites excluding steroid dienone is 1. The summed E-state index contributed by atoms with van der Waals surface area (Å²) in [7, 11) is 0. The van der Waals surface area contributed by atoms with E-state index < -0.39 is 0 Å². The maximum absolute atomic E-state index is 8.43. The average Bonchev–Trinajstić information content (AvgIpc) is 2.47. The van der Waals surface area contributed by atoms with Crippen molar-refractivity contribution < 1.29 is 0 Å². The zero-order valence-corrected chi connectivity index (χ0v) is 6.44. The topological polar surface area (TPSA) is 60.5 Å². The zero-order valence-electron chi connectivity index (χ0n) is 6.44. The summed E-state index contributed by atoms with van der Waals surface area (Å²) in [6.45, 7) is 0. The molecule has 0 spiro atoms. The normalized spacial score (nSPS) is 30.4. The Morgan fingerprint density at radius 2 is 2.58 bits per heavy atom. The molecule has 1 N–H and O–H groups in total. The third kappa shape index (κ3) is 1.10. The Balaban J connectivity index is 2.12. The van der Waals surface area contributed by atoms with E-state index in [1.54, 1.807) is 6.21 Å². The van der Waals surface area contributed by atoms with E-state index in [-0.39, 0.29) is 12.2 Å². The standard InChI is InChI=1S/C8H8N4/c9-4-3-7-11-6-2-1-5-10-8(6)12-7/h1-2,5-6,8H,3H2,(H,11,12). The van der Waals surface area contributed by atoms with Crippen LogP contribution in [0.3, 0.4) is 0 Å². The van der Waals surface area contributed by atoms with Gasteiger partial charge >= 0.3 is 0 Å². The molecule has 0 aromatic rings. The second kappa shape index (κ2) is 2.78. The van der Waals surface area contributed by atoms with E-state index in [0.29, 0.717) is 6.42 Å². The number of nitriles is 1. The van der Waals surface area contributed by atoms with Crippen molar-refractivity contribution in [1.82, 2.24) is 5.32 Å². The first kappa shape index (κ1) is 7.04. The van der Waals surface area contributed by atoms with Crippen molar-refractivity contribution in [3.63, 3.8) is 0 Å². The quantitative estimate of drug-likeness (QED) is 0.597. The van der Waals surface area contributed by atoms with Gasteiger partial charge in [0, 0.05) is 6.21 Å². The molecule has 2 aliphatic heterocycles. The molecule has 0 aromatic heterocycles. The van der Waals surface area contributed by atoms with Gasteiger partial charge in [0.2, 0.25) is 0 Å². The van der Waals surface area contributed by atoms with E-state index in [9.17, 15) is 0 Å². The molecule has 12 heavy (non-hydrogen) atoms. The van der Waals surface area contributed by atoms with Gasteiger partial charge in [0.1, 0.15) is 5.84 Å². The molecule has 0 fully saturated rings. The van der Waals surface area contributed by atoms with Gasteiger partial charge in [-0.3, -0.25) is 4.99 Å². The molecule has 4 nitrogen and oxygen atoms in total. The average molecular weight is 160 g/mol. The summed E-state index contributed by atoms with van der Waals surface area (Å²) in [6.07, 6.45) is 5.93. The number of dihydropyridines is 1. The van der Waals surface area contributed by atoms with E-state index in [1.165, 1.54) is 0 Å². The van der Waals surface area contributed by atoms with Gasteiger partial charge in [-0.25, -0.2) is 4.99 Å². The molecule has 2 unspecified atom stereocenters. The maximum atomic E-state index is 8.43. The van der Waals surface area contributed by atoms with Crippen LogP contribution in [0.1, 0.15) is 6.42 Å². The van der Waals surface area contributed by atoms with Crippen molar-refractivity contribution in [1.29, 1.82) is 5.26 Å². The molecule has 0 aliphatic carbocycles. The van der Waals surface area contributed by atoms with Gasteiger partial charge in [0.25, 0.3) is 0 Å². The first-order valence-corrected chi connectivity index (χ1v) is 3.80. The summed E-state index contributed by atoms with van der Waals surface area (Å²) in [5.41, 5.74) is 0. The Kier molecular flexibility index (Phi) is 1.63. The Hall–Kier alpha value is -1.63. The number of nitrogens with one attached hydrogen (secondary N) is 1. The van der Waals surface area contributed by atoms with E-state index in [1.807, 2.05) is 12.2 Å². The number of fused-ring (bicyclic) bond motifs is 1. The smallest absolute Gasteiger partial charge is 0.165 e. The molecule has 0 aromatic carbocycles. The van der Waals surface area contributed by atoms with E-state index in [2.05, 4.69) is 21.4 Å². The van der Waals surface area contributed by atoms with Gasteiger partial charge in [-0.05, 0) is 6.08 Å². The van der Waals surface area contributed by atoms with Crippen LogP contribution in [-0.2, 0) is 0 Å². The largest absolute Gasteiger partial charge is 0.363 e. The molecule has 0 saturated carbocycles. The fourth-order valence-electron chi connectivity index (χ4n) is 1.30. The summed E-state index contributed by atoms with van der Waals surface area (Å²) in [5.74, 6) is 0.746. The lowest BCUT2D eigenvalue weighted by atomic mass is 10.2. The van der Waals surface area contributed by atoms with Crippen molar-refractivity contribution in [2.75, 3.05) is 0 Å². The van der Waals surface area contributed by atoms with Crippen LogP contribution in [0.15, 0.2) is 22.1 Å². The third-order valence-electron chi connectivity index (χ3n) is 1.83. The van der Waals surface area contributed by atoms with Crippen LogP contribution in [0, 0.1) is 11.3 Å². The van der Waals surface area contributed by atoms with E-state index in [4.69, 9.17) is 5.26 Å². The fraction of sp³-hybridized carbons (Fsp3) is 0.375. The van der Waals surface area contributed by atoms with Crippen molar-refractivity contribution in [3.05, 3.63) is 12.2 Å². The van der Waals surface area contributed by atoms with Gasteiger partial charge in [0.05, 0.1) is 18.5 Å². The highest BCUT2D eigenvalue weighted by Crippen LogP contribution is 2.13. The molecule has 60 valence electrons. The monoisotopic (exact) mass is 160 g/mol. The Morgan fingerprint density at radius 1 is 1.67 bits per heavy atom. The van der Waals surface area contributed by atoms with Crippen molar-refractivity contribution in [3.8, 4) is 6.07 Å². The van der Waals surface area contributed by atoms with Crippen molar-refractivity contribution >= 4 is 12.1 Å². The SMILES string of the molecule is N#CCC1=NC2N=CC=CC2N1. The van der Waals surface area contributed by atoms with Gasteiger partial charge in [-0.2, -0.15) is 5.26 Å². The van der Waals surface area contributed by atoms with Crippen LogP contribution in [0.5, 0.6) is 0 Å². The van der Waals surface area contributed by atoms with E-state index in [0.717, 1.165) is 5.84 Å². The predicted octanol–water partition coefficient (Wildman–Crippen LogP) is 0.237. The number of hydrogen-bond donors (Lipinski definition) is 1. The Morgan fingerprint density at radius 3 is 3.33 bits per heavy atom. The lowest BCUT2D eigenvalue weighted by Crippen LogP contribution is -2.33. The number of amidine groups is 1. The summed E-state index contributed by atoms with van der Waals surface area (Å²) >= 11 is 0. The second-order valence-corrected chi connectivity index (χ2v) is 2.68. The number of rotatable bonds is 1. The Labute approximate surface area is 70.3 Å². The lowest BCUT2D eigenvalue weighted by Gasteiger charge is -2.12. The molecule has 0 saturated heterocycles. The predicted molar refractivity (Wildman–Crippen MR) is 46.0 cm³/mol. The Bertz CT molecular complexity index is 308. The van der Waals surface area contributed by atoms with Crippen LogP contribution in [0.25, 0.3) is 0 Å². The first-order chi connectivity index (χ1) is 5.90. The summed E-state index contributed by atoms with van der Waals surface area (Å²) in [6, 6.07) is 2.22. The molecule has 0 amide bonds. The first-order valence-electron chi connectivity index (χ1n) is 3.80. The van der Waals surface area contributed by atoms with Crippen LogP contribution >= 0.6 is 0 Å². The van der Waals surface area contributed by atoms with Crippen molar-refractivity contribution in [2.24, 2.45) is 9.98 Å². The lowest BCUT2D eigenvalue weighted by molar-refractivity contribution is 0.627. The van der Waals surface area contributed by atoms with Crippen LogP contribution in [-0.4, -0.2) is 24.3 Å². The number of nitrogens with zero attached hydrogens (tertiary/aromatic N) is 3. The third-order valence-corrected chi connectivity index (χ3v) is 1.83. The molecule has 2 atom stereocenters. The van der Waals surface area contributed by atoms with Gasteiger partial charge in [-0.1, -0.05) is 6.08 Å². The maximum Gasteiger partial charge on any atom is 0.165 e. The molecular weight excluding hydrogens is 152 g/mol. The minimum atomic E-state index is -0.0432. The molecule has 2 aliphatic rings. The van der Waals surface area contributed by atoms with Crippen molar-refractivity contribution in [2.45, 2.75) is 18.6 Å². The van der Waals surface area contributed by atoms with Gasteiger partial charge in [0.15, 0.2) is 6.17 Å². The molecular formula is C8H8N4. The molecule has 2 heterocycles. The summed E-state index contributed by atoms with van der Waals surface area (Å²) in [5, 5.41) is 11.6. The number of aliphatic imine (C=N–C) groups is 2. The molecule has 0 bridgehead atoms. The minimum Gasteiger partial charge on any atom is -0.363 e. The fourth-order valence-corrected chi connectivity index (χ4v) is 1.30. The van der Waals surface area contributed by atoms with E-state index >= 15 is 0 Å². The van der Waals surface area contributed by atoms with Gasteiger partial charge in [-0.15, -0.1) is 0 Å².